The van der Waals surface area contributed by atoms with Crippen molar-refractivity contribution in [3.8, 4) is 11.5 Å². The van der Waals surface area contributed by atoms with Crippen molar-refractivity contribution in [3.05, 3.63) is 46.5 Å². The van der Waals surface area contributed by atoms with Crippen molar-refractivity contribution in [1.82, 2.24) is 15.2 Å². The Bertz CT molecular complexity index is 1360. The summed E-state index contributed by atoms with van der Waals surface area (Å²) in [7, 11) is 0. The lowest BCUT2D eigenvalue weighted by atomic mass is 9.95. The van der Waals surface area contributed by atoms with Crippen molar-refractivity contribution in [1.29, 1.82) is 0 Å². The van der Waals surface area contributed by atoms with E-state index in [0.717, 1.165) is 52.6 Å². The van der Waals surface area contributed by atoms with Crippen molar-refractivity contribution in [2.45, 2.75) is 50.0 Å². The molecule has 1 aromatic carbocycles. The SMILES string of the molecule is CCOC(=O)c1c(NC(=O)C(C)Sc2nnc(-c3c[nH]c4ccccc34)o2)sc2c1CCCC2. The van der Waals surface area contributed by atoms with Gasteiger partial charge in [-0.1, -0.05) is 30.0 Å². The molecule has 0 bridgehead atoms. The Labute approximate surface area is 204 Å². The number of aromatic nitrogens is 3. The largest absolute Gasteiger partial charge is 0.462 e. The smallest absolute Gasteiger partial charge is 0.341 e. The first-order valence-electron chi connectivity index (χ1n) is 11.2. The summed E-state index contributed by atoms with van der Waals surface area (Å²) < 4.78 is 11.1. The third kappa shape index (κ3) is 4.35. The van der Waals surface area contributed by atoms with Gasteiger partial charge < -0.3 is 19.5 Å². The lowest BCUT2D eigenvalue weighted by Crippen LogP contribution is -2.23. The van der Waals surface area contributed by atoms with Gasteiger partial charge in [0.05, 0.1) is 23.0 Å². The Kier molecular flexibility index (Phi) is 6.42. The van der Waals surface area contributed by atoms with E-state index in [-0.39, 0.29) is 11.9 Å². The average Bonchev–Trinajstić information content (AvgIpc) is 3.55. The van der Waals surface area contributed by atoms with Crippen LogP contribution in [0, 0.1) is 0 Å². The highest BCUT2D eigenvalue weighted by molar-refractivity contribution is 8.00. The third-order valence-corrected chi connectivity index (χ3v) is 7.90. The summed E-state index contributed by atoms with van der Waals surface area (Å²) in [5.74, 6) is -0.221. The van der Waals surface area contributed by atoms with Crippen molar-refractivity contribution in [3.63, 3.8) is 0 Å². The number of H-pyrrole nitrogens is 1. The first-order valence-corrected chi connectivity index (χ1v) is 12.9. The van der Waals surface area contributed by atoms with E-state index in [1.54, 1.807) is 13.8 Å². The number of aryl methyl sites for hydroxylation is 1. The van der Waals surface area contributed by atoms with Gasteiger partial charge in [0.2, 0.25) is 5.91 Å². The molecule has 4 aromatic rings. The number of fused-ring (bicyclic) bond motifs is 2. The summed E-state index contributed by atoms with van der Waals surface area (Å²) in [4.78, 5) is 30.0. The Morgan fingerprint density at radius 2 is 2.09 bits per heavy atom. The zero-order valence-electron chi connectivity index (χ0n) is 18.8. The molecule has 5 rings (SSSR count). The number of ether oxygens (including phenoxy) is 1. The second-order valence-corrected chi connectivity index (χ2v) is 10.4. The number of carbonyl (C=O) groups is 2. The molecule has 10 heteroatoms. The van der Waals surface area contributed by atoms with Crippen LogP contribution in [0.4, 0.5) is 5.00 Å². The second-order valence-electron chi connectivity index (χ2n) is 8.01. The molecule has 0 fully saturated rings. The Hall–Kier alpha value is -3.11. The van der Waals surface area contributed by atoms with Gasteiger partial charge in [0.25, 0.3) is 11.1 Å². The number of thiophene rings is 1. The second kappa shape index (κ2) is 9.63. The molecule has 3 heterocycles. The van der Waals surface area contributed by atoms with Crippen molar-refractivity contribution >= 4 is 50.9 Å². The number of amides is 1. The maximum Gasteiger partial charge on any atom is 0.341 e. The van der Waals surface area contributed by atoms with E-state index in [1.807, 2.05) is 30.5 Å². The molecule has 0 saturated carbocycles. The van der Waals surface area contributed by atoms with Crippen LogP contribution in [-0.2, 0) is 22.4 Å². The van der Waals surface area contributed by atoms with Gasteiger partial charge >= 0.3 is 5.97 Å². The van der Waals surface area contributed by atoms with Crippen LogP contribution in [0.5, 0.6) is 0 Å². The minimum absolute atomic E-state index is 0.235. The summed E-state index contributed by atoms with van der Waals surface area (Å²) in [6, 6.07) is 7.86. The third-order valence-electron chi connectivity index (χ3n) is 5.76. The van der Waals surface area contributed by atoms with Crippen LogP contribution >= 0.6 is 23.1 Å². The van der Waals surface area contributed by atoms with Gasteiger partial charge in [-0.3, -0.25) is 4.79 Å². The fraction of sp³-hybridized carbons (Fsp3) is 0.333. The zero-order valence-corrected chi connectivity index (χ0v) is 20.5. The topological polar surface area (TPSA) is 110 Å². The Balaban J connectivity index is 1.31. The molecule has 176 valence electrons. The van der Waals surface area contributed by atoms with Crippen molar-refractivity contribution < 1.29 is 18.7 Å². The number of rotatable bonds is 7. The Morgan fingerprint density at radius 3 is 2.94 bits per heavy atom. The molecule has 2 N–H and O–H groups in total. The van der Waals surface area contributed by atoms with Gasteiger partial charge in [0.1, 0.15) is 5.00 Å². The van der Waals surface area contributed by atoms with E-state index in [2.05, 4.69) is 20.5 Å². The minimum Gasteiger partial charge on any atom is -0.462 e. The van der Waals surface area contributed by atoms with E-state index >= 15 is 0 Å². The summed E-state index contributed by atoms with van der Waals surface area (Å²) in [5.41, 5.74) is 3.32. The highest BCUT2D eigenvalue weighted by atomic mass is 32.2. The average molecular weight is 497 g/mol. The number of nitrogens with one attached hydrogen (secondary N) is 2. The monoisotopic (exact) mass is 496 g/mol. The number of benzene rings is 1. The molecule has 8 nitrogen and oxygen atoms in total. The van der Waals surface area contributed by atoms with Crippen LogP contribution in [0.25, 0.3) is 22.4 Å². The van der Waals surface area contributed by atoms with E-state index < -0.39 is 5.25 Å². The zero-order chi connectivity index (χ0) is 23.7. The first kappa shape index (κ1) is 22.7. The normalized spacial score (nSPS) is 14.1. The predicted octanol–water partition coefficient (Wildman–Crippen LogP) is 5.45. The highest BCUT2D eigenvalue weighted by Gasteiger charge is 2.29. The van der Waals surface area contributed by atoms with Gasteiger partial charge in [-0.25, -0.2) is 4.79 Å². The number of para-hydroxylation sites is 1. The molecule has 1 aliphatic carbocycles. The van der Waals surface area contributed by atoms with Crippen LogP contribution in [0.3, 0.4) is 0 Å². The summed E-state index contributed by atoms with van der Waals surface area (Å²) in [6.07, 6.45) is 5.71. The molecular formula is C24H24N4O4S2. The highest BCUT2D eigenvalue weighted by Crippen LogP contribution is 2.39. The van der Waals surface area contributed by atoms with E-state index in [1.165, 1.54) is 23.1 Å². The lowest BCUT2D eigenvalue weighted by molar-refractivity contribution is -0.115. The fourth-order valence-corrected chi connectivity index (χ4v) is 6.07. The van der Waals surface area contributed by atoms with Gasteiger partial charge in [-0.15, -0.1) is 21.5 Å². The molecular weight excluding hydrogens is 472 g/mol. The standard InChI is InChI=1S/C24H24N4O4S2/c1-3-31-23(30)19-15-9-5-7-11-18(15)34-22(19)26-20(29)13(2)33-24-28-27-21(32-24)16-12-25-17-10-6-4-8-14(16)17/h4,6,8,10,12-13,25H,3,5,7,9,11H2,1-2H3,(H,26,29). The lowest BCUT2D eigenvalue weighted by Gasteiger charge is -2.13. The number of aromatic amines is 1. The summed E-state index contributed by atoms with van der Waals surface area (Å²) >= 11 is 2.65. The minimum atomic E-state index is -0.509. The maximum atomic E-state index is 13.0. The number of thioether (sulfide) groups is 1. The van der Waals surface area contributed by atoms with Gasteiger partial charge in [0, 0.05) is 22.0 Å². The molecule has 34 heavy (non-hydrogen) atoms. The van der Waals surface area contributed by atoms with Crippen LogP contribution in [0.2, 0.25) is 0 Å². The van der Waals surface area contributed by atoms with Gasteiger partial charge in [-0.2, -0.15) is 0 Å². The molecule has 1 aliphatic rings. The van der Waals surface area contributed by atoms with Crippen LogP contribution in [-0.4, -0.2) is 38.9 Å². The number of hydrogen-bond acceptors (Lipinski definition) is 8. The molecule has 0 aliphatic heterocycles. The number of esters is 1. The van der Waals surface area contributed by atoms with Gasteiger partial charge in [-0.05, 0) is 51.2 Å². The molecule has 3 aromatic heterocycles. The summed E-state index contributed by atoms with van der Waals surface area (Å²) in [6.45, 7) is 3.84. The van der Waals surface area contributed by atoms with Gasteiger partial charge in [0.15, 0.2) is 0 Å². The number of hydrogen-bond donors (Lipinski definition) is 2. The van der Waals surface area contributed by atoms with Crippen molar-refractivity contribution in [2.75, 3.05) is 11.9 Å². The quantitative estimate of drug-likeness (QED) is 0.258. The van der Waals surface area contributed by atoms with E-state index in [0.29, 0.717) is 28.3 Å². The predicted molar refractivity (Wildman–Crippen MR) is 132 cm³/mol. The molecule has 0 saturated heterocycles. The molecule has 0 spiro atoms. The number of nitrogens with zero attached hydrogens (tertiary/aromatic N) is 2. The molecule has 1 unspecified atom stereocenters. The van der Waals surface area contributed by atoms with Crippen LogP contribution in [0.15, 0.2) is 40.1 Å². The molecule has 0 radical (unpaired) electrons. The number of carbonyl (C=O) groups excluding carboxylic acids is 2. The van der Waals surface area contributed by atoms with Crippen LogP contribution in [0.1, 0.15) is 47.5 Å². The van der Waals surface area contributed by atoms with Crippen molar-refractivity contribution in [2.24, 2.45) is 0 Å². The molecule has 1 amide bonds. The Morgan fingerprint density at radius 1 is 1.26 bits per heavy atom. The first-order chi connectivity index (χ1) is 16.5. The summed E-state index contributed by atoms with van der Waals surface area (Å²) in [5, 5.41) is 12.6. The fourth-order valence-electron chi connectivity index (χ4n) is 4.11. The van der Waals surface area contributed by atoms with E-state index in [4.69, 9.17) is 9.15 Å². The molecule has 1 atom stereocenters. The van der Waals surface area contributed by atoms with E-state index in [9.17, 15) is 9.59 Å². The maximum absolute atomic E-state index is 13.0. The number of anilines is 1. The van der Waals surface area contributed by atoms with Crippen LogP contribution < -0.4 is 5.32 Å².